The molecule has 7 nitrogen and oxygen atoms in total. The zero-order valence-corrected chi connectivity index (χ0v) is 20.2. The van der Waals surface area contributed by atoms with Crippen molar-refractivity contribution in [1.29, 1.82) is 0 Å². The lowest BCUT2D eigenvalue weighted by Crippen LogP contribution is -2.29. The summed E-state index contributed by atoms with van der Waals surface area (Å²) in [7, 11) is 2.88. The number of nitrogens with zero attached hydrogens (tertiary/aromatic N) is 1. The van der Waals surface area contributed by atoms with E-state index >= 15 is 0 Å². The number of hydrogen-bond donors (Lipinski definition) is 1. The molecule has 0 radical (unpaired) electrons. The molecule has 0 aromatic heterocycles. The van der Waals surface area contributed by atoms with Gasteiger partial charge in [0, 0.05) is 11.8 Å². The molecular weight excluding hydrogens is 470 g/mol. The molecule has 0 aliphatic carbocycles. The van der Waals surface area contributed by atoms with Crippen LogP contribution in [-0.2, 0) is 9.59 Å². The summed E-state index contributed by atoms with van der Waals surface area (Å²) in [6.45, 7) is 2.31. The molecule has 35 heavy (non-hydrogen) atoms. The molecular formula is C27H24ClNO6. The highest BCUT2D eigenvalue weighted by Crippen LogP contribution is 2.45. The van der Waals surface area contributed by atoms with Crippen LogP contribution < -0.4 is 19.1 Å². The van der Waals surface area contributed by atoms with Crippen LogP contribution in [0, 0.1) is 0 Å². The number of ketones is 1. The molecule has 3 aromatic carbocycles. The Kier molecular flexibility index (Phi) is 6.98. The van der Waals surface area contributed by atoms with Gasteiger partial charge >= 0.3 is 0 Å². The maximum atomic E-state index is 13.4. The third-order valence-electron chi connectivity index (χ3n) is 5.69. The van der Waals surface area contributed by atoms with Crippen molar-refractivity contribution < 1.29 is 28.9 Å². The number of carbonyl (C=O) groups excluding carboxylic acids is 2. The molecule has 1 aliphatic rings. The third kappa shape index (κ3) is 4.42. The third-order valence-corrected chi connectivity index (χ3v) is 5.99. The number of ether oxygens (including phenoxy) is 3. The van der Waals surface area contributed by atoms with Crippen molar-refractivity contribution in [2.24, 2.45) is 0 Å². The van der Waals surface area contributed by atoms with Crippen LogP contribution in [0.5, 0.6) is 17.2 Å². The SMILES string of the molecule is CCOc1cccc(C2/C(=C(\O)c3cc(Cl)c(OC)cc3OC)C(=O)C(=O)N2c2ccccc2)c1. The first-order valence-electron chi connectivity index (χ1n) is 10.9. The summed E-state index contributed by atoms with van der Waals surface area (Å²) in [5.41, 5.74) is 1.18. The van der Waals surface area contributed by atoms with Crippen LogP contribution in [0.3, 0.4) is 0 Å². The van der Waals surface area contributed by atoms with Crippen molar-refractivity contribution >= 4 is 34.7 Å². The van der Waals surface area contributed by atoms with Gasteiger partial charge in [-0.15, -0.1) is 0 Å². The van der Waals surface area contributed by atoms with Crippen LogP contribution in [-0.4, -0.2) is 37.6 Å². The van der Waals surface area contributed by atoms with E-state index in [2.05, 4.69) is 0 Å². The number of aliphatic hydroxyl groups is 1. The quantitative estimate of drug-likeness (QED) is 0.270. The molecule has 1 heterocycles. The summed E-state index contributed by atoms with van der Waals surface area (Å²) in [6.07, 6.45) is 0. The second-order valence-electron chi connectivity index (χ2n) is 7.70. The molecule has 8 heteroatoms. The molecule has 1 aliphatic heterocycles. The molecule has 0 spiro atoms. The maximum Gasteiger partial charge on any atom is 0.300 e. The Labute approximate surface area is 208 Å². The van der Waals surface area contributed by atoms with Crippen molar-refractivity contribution in [3.05, 3.63) is 88.5 Å². The number of amides is 1. The fourth-order valence-corrected chi connectivity index (χ4v) is 4.37. The van der Waals surface area contributed by atoms with Crippen LogP contribution in [0.15, 0.2) is 72.3 Å². The number of Topliss-reactive ketones (excluding diaryl/α,β-unsaturated/α-hetero) is 1. The predicted octanol–water partition coefficient (Wildman–Crippen LogP) is 5.38. The lowest BCUT2D eigenvalue weighted by molar-refractivity contribution is -0.132. The normalized spacial score (nSPS) is 16.9. The number of hydrogen-bond acceptors (Lipinski definition) is 6. The summed E-state index contributed by atoms with van der Waals surface area (Å²) < 4.78 is 16.3. The number of halogens is 1. The smallest absolute Gasteiger partial charge is 0.300 e. The maximum absolute atomic E-state index is 13.4. The average molecular weight is 494 g/mol. The molecule has 180 valence electrons. The van der Waals surface area contributed by atoms with Crippen molar-refractivity contribution in [3.8, 4) is 17.2 Å². The number of para-hydroxylation sites is 1. The number of aliphatic hydroxyl groups excluding tert-OH is 1. The summed E-state index contributed by atoms with van der Waals surface area (Å²) in [6, 6.07) is 18.0. The van der Waals surface area contributed by atoms with Crippen molar-refractivity contribution in [1.82, 2.24) is 0 Å². The predicted molar refractivity (Wildman–Crippen MR) is 133 cm³/mol. The van der Waals surface area contributed by atoms with Crippen molar-refractivity contribution in [3.63, 3.8) is 0 Å². The Morgan fingerprint density at radius 1 is 0.971 bits per heavy atom. The summed E-state index contributed by atoms with van der Waals surface area (Å²) >= 11 is 6.31. The van der Waals surface area contributed by atoms with Crippen LogP contribution in [0.25, 0.3) is 5.76 Å². The van der Waals surface area contributed by atoms with Gasteiger partial charge in [-0.1, -0.05) is 41.9 Å². The Hall–Kier alpha value is -3.97. The van der Waals surface area contributed by atoms with Crippen LogP contribution in [0.4, 0.5) is 5.69 Å². The van der Waals surface area contributed by atoms with Crippen molar-refractivity contribution in [2.45, 2.75) is 13.0 Å². The molecule has 1 amide bonds. The number of benzene rings is 3. The Bertz CT molecular complexity index is 1300. The molecule has 3 aromatic rings. The van der Waals surface area contributed by atoms with Gasteiger partial charge in [-0.05, 0) is 42.8 Å². The largest absolute Gasteiger partial charge is 0.507 e. The molecule has 1 saturated heterocycles. The number of methoxy groups -OCH3 is 2. The highest BCUT2D eigenvalue weighted by atomic mass is 35.5. The molecule has 0 bridgehead atoms. The highest BCUT2D eigenvalue weighted by molar-refractivity contribution is 6.51. The van der Waals surface area contributed by atoms with E-state index in [-0.39, 0.29) is 21.9 Å². The molecule has 0 saturated carbocycles. The zero-order chi connectivity index (χ0) is 25.1. The highest BCUT2D eigenvalue weighted by Gasteiger charge is 2.47. The summed E-state index contributed by atoms with van der Waals surface area (Å²) in [5, 5.41) is 11.7. The molecule has 1 unspecified atom stereocenters. The first-order valence-corrected chi connectivity index (χ1v) is 11.3. The van der Waals surface area contributed by atoms with Gasteiger partial charge in [-0.25, -0.2) is 0 Å². The minimum atomic E-state index is -0.914. The van der Waals surface area contributed by atoms with Gasteiger partial charge < -0.3 is 19.3 Å². The number of rotatable bonds is 7. The number of anilines is 1. The van der Waals surface area contributed by atoms with E-state index in [0.717, 1.165) is 0 Å². The van der Waals surface area contributed by atoms with E-state index in [9.17, 15) is 14.7 Å². The van der Waals surface area contributed by atoms with E-state index < -0.39 is 23.5 Å². The molecule has 1 atom stereocenters. The average Bonchev–Trinajstić information content (AvgIpc) is 3.14. The van der Waals surface area contributed by atoms with Gasteiger partial charge in [0.1, 0.15) is 23.0 Å². The molecule has 1 N–H and O–H groups in total. The minimum absolute atomic E-state index is 0.0907. The van der Waals surface area contributed by atoms with Crippen molar-refractivity contribution in [2.75, 3.05) is 25.7 Å². The first kappa shape index (κ1) is 24.2. The number of carbonyl (C=O) groups is 2. The van der Waals surface area contributed by atoms with E-state index in [1.165, 1.54) is 31.3 Å². The van der Waals surface area contributed by atoms with E-state index in [0.29, 0.717) is 29.4 Å². The van der Waals surface area contributed by atoms with Gasteiger partial charge in [0.2, 0.25) is 0 Å². The van der Waals surface area contributed by atoms with Crippen LogP contribution >= 0.6 is 11.6 Å². The fraction of sp³-hybridized carbons (Fsp3) is 0.185. The lowest BCUT2D eigenvalue weighted by Gasteiger charge is -2.26. The summed E-state index contributed by atoms with van der Waals surface area (Å²) in [5.74, 6) is -0.846. The minimum Gasteiger partial charge on any atom is -0.507 e. The van der Waals surface area contributed by atoms with E-state index in [1.54, 1.807) is 48.5 Å². The molecule has 1 fully saturated rings. The van der Waals surface area contributed by atoms with Gasteiger partial charge in [-0.2, -0.15) is 0 Å². The lowest BCUT2D eigenvalue weighted by atomic mass is 9.94. The van der Waals surface area contributed by atoms with Gasteiger partial charge in [-0.3, -0.25) is 14.5 Å². The van der Waals surface area contributed by atoms with Gasteiger partial charge in [0.05, 0.1) is 43.0 Å². The van der Waals surface area contributed by atoms with E-state index in [1.807, 2.05) is 13.0 Å². The zero-order valence-electron chi connectivity index (χ0n) is 19.4. The first-order chi connectivity index (χ1) is 16.9. The fourth-order valence-electron chi connectivity index (χ4n) is 4.13. The van der Waals surface area contributed by atoms with Gasteiger partial charge in [0.25, 0.3) is 11.7 Å². The topological polar surface area (TPSA) is 85.3 Å². The van der Waals surface area contributed by atoms with Gasteiger partial charge in [0.15, 0.2) is 0 Å². The molecule has 4 rings (SSSR count). The van der Waals surface area contributed by atoms with E-state index in [4.69, 9.17) is 25.8 Å². The monoisotopic (exact) mass is 493 g/mol. The second kappa shape index (κ2) is 10.1. The standard InChI is InChI=1S/C27H24ClNO6/c1-4-35-18-12-8-9-16(13-18)24-23(26(31)27(32)29(24)17-10-6-5-7-11-17)25(30)19-14-20(28)22(34-3)15-21(19)33-2/h5-15,24,30H,4H2,1-3H3/b25-23+. The Balaban J connectivity index is 1.98. The second-order valence-corrected chi connectivity index (χ2v) is 8.10. The Morgan fingerprint density at radius 3 is 2.34 bits per heavy atom. The summed E-state index contributed by atoms with van der Waals surface area (Å²) in [4.78, 5) is 28.0. The van der Waals surface area contributed by atoms with Crippen LogP contribution in [0.2, 0.25) is 5.02 Å². The van der Waals surface area contributed by atoms with Crippen LogP contribution in [0.1, 0.15) is 24.1 Å². The Morgan fingerprint density at radius 2 is 1.69 bits per heavy atom.